The van der Waals surface area contributed by atoms with Crippen LogP contribution in [0.25, 0.3) is 0 Å². The Bertz CT molecular complexity index is 743. The Labute approximate surface area is 167 Å². The number of nitrogens with one attached hydrogen (secondary N) is 2. The van der Waals surface area contributed by atoms with Crippen LogP contribution in [-0.4, -0.2) is 44.5 Å². The van der Waals surface area contributed by atoms with Crippen molar-refractivity contribution in [3.05, 3.63) is 35.9 Å². The standard InChI is InChI=1S/C20H30N2O5S/c1-15-8-10-17(11-9-15)21-19(23)18(12-13-28(2,25)26)22-20(24)27-14-16-6-4-3-5-7-16/h3-7,15,17-18H,8-14H2,1-2H3,(H,21,23)(H,22,24). The number of sulfone groups is 1. The Morgan fingerprint density at radius 2 is 1.79 bits per heavy atom. The molecule has 2 amide bonds. The molecule has 1 aromatic rings. The number of benzene rings is 1. The van der Waals surface area contributed by atoms with Gasteiger partial charge in [0.2, 0.25) is 5.91 Å². The highest BCUT2D eigenvalue weighted by Crippen LogP contribution is 2.23. The second-order valence-corrected chi connectivity index (χ2v) is 9.90. The fraction of sp³-hybridized carbons (Fsp3) is 0.600. The zero-order chi connectivity index (χ0) is 20.6. The molecule has 0 heterocycles. The third-order valence-electron chi connectivity index (χ3n) is 4.96. The third kappa shape index (κ3) is 8.29. The van der Waals surface area contributed by atoms with E-state index in [0.717, 1.165) is 37.5 Å². The van der Waals surface area contributed by atoms with Gasteiger partial charge in [0.05, 0.1) is 5.75 Å². The fourth-order valence-electron chi connectivity index (χ4n) is 3.21. The Hall–Kier alpha value is -2.09. The molecule has 1 saturated carbocycles. The molecule has 0 radical (unpaired) electrons. The molecule has 156 valence electrons. The van der Waals surface area contributed by atoms with E-state index in [0.29, 0.717) is 5.92 Å². The minimum atomic E-state index is -3.26. The normalized spacial score (nSPS) is 20.8. The molecule has 0 aliphatic heterocycles. The van der Waals surface area contributed by atoms with Crippen molar-refractivity contribution in [2.75, 3.05) is 12.0 Å². The van der Waals surface area contributed by atoms with Crippen molar-refractivity contribution >= 4 is 21.8 Å². The summed E-state index contributed by atoms with van der Waals surface area (Å²) < 4.78 is 28.2. The zero-order valence-corrected chi connectivity index (χ0v) is 17.3. The van der Waals surface area contributed by atoms with Gasteiger partial charge in [0.15, 0.2) is 0 Å². The summed E-state index contributed by atoms with van der Waals surface area (Å²) >= 11 is 0. The molecule has 2 rings (SSSR count). The summed E-state index contributed by atoms with van der Waals surface area (Å²) in [5.41, 5.74) is 0.825. The van der Waals surface area contributed by atoms with E-state index in [1.165, 1.54) is 0 Å². The van der Waals surface area contributed by atoms with Crippen molar-refractivity contribution in [1.29, 1.82) is 0 Å². The van der Waals surface area contributed by atoms with Gasteiger partial charge >= 0.3 is 6.09 Å². The van der Waals surface area contributed by atoms with Crippen molar-refractivity contribution in [1.82, 2.24) is 10.6 Å². The summed E-state index contributed by atoms with van der Waals surface area (Å²) in [7, 11) is -3.26. The van der Waals surface area contributed by atoms with E-state index in [9.17, 15) is 18.0 Å². The smallest absolute Gasteiger partial charge is 0.408 e. The number of carbonyl (C=O) groups is 2. The molecule has 1 atom stereocenters. The topological polar surface area (TPSA) is 102 Å². The van der Waals surface area contributed by atoms with Crippen LogP contribution in [0.5, 0.6) is 0 Å². The molecule has 7 nitrogen and oxygen atoms in total. The van der Waals surface area contributed by atoms with E-state index in [-0.39, 0.29) is 30.7 Å². The van der Waals surface area contributed by atoms with Gasteiger partial charge in [0.1, 0.15) is 22.5 Å². The van der Waals surface area contributed by atoms with Gasteiger partial charge in [0, 0.05) is 12.3 Å². The quantitative estimate of drug-likeness (QED) is 0.685. The minimum Gasteiger partial charge on any atom is -0.445 e. The molecule has 1 aliphatic carbocycles. The van der Waals surface area contributed by atoms with Gasteiger partial charge in [-0.15, -0.1) is 0 Å². The summed E-state index contributed by atoms with van der Waals surface area (Å²) in [6.45, 7) is 2.27. The van der Waals surface area contributed by atoms with Crippen LogP contribution in [0.15, 0.2) is 30.3 Å². The first-order chi connectivity index (χ1) is 13.2. The van der Waals surface area contributed by atoms with Gasteiger partial charge in [-0.1, -0.05) is 37.3 Å². The highest BCUT2D eigenvalue weighted by molar-refractivity contribution is 7.90. The molecule has 1 fully saturated rings. The van der Waals surface area contributed by atoms with Gasteiger partial charge < -0.3 is 15.4 Å². The van der Waals surface area contributed by atoms with Gasteiger partial charge in [-0.3, -0.25) is 4.79 Å². The van der Waals surface area contributed by atoms with E-state index >= 15 is 0 Å². The lowest BCUT2D eigenvalue weighted by molar-refractivity contribution is -0.124. The highest BCUT2D eigenvalue weighted by atomic mass is 32.2. The Balaban J connectivity index is 1.91. The van der Waals surface area contributed by atoms with Gasteiger partial charge in [-0.05, 0) is 43.6 Å². The molecular formula is C20H30N2O5S. The summed E-state index contributed by atoms with van der Waals surface area (Å²) in [6.07, 6.45) is 4.26. The maximum atomic E-state index is 12.6. The Morgan fingerprint density at radius 3 is 2.39 bits per heavy atom. The van der Waals surface area contributed by atoms with Crippen LogP contribution in [0.3, 0.4) is 0 Å². The molecule has 2 N–H and O–H groups in total. The van der Waals surface area contributed by atoms with Crippen molar-refractivity contribution in [3.63, 3.8) is 0 Å². The largest absolute Gasteiger partial charge is 0.445 e. The van der Waals surface area contributed by atoms with Gasteiger partial charge in [-0.25, -0.2) is 13.2 Å². The number of carbonyl (C=O) groups excluding carboxylic acids is 2. The van der Waals surface area contributed by atoms with Crippen molar-refractivity contribution < 1.29 is 22.7 Å². The SMILES string of the molecule is CC1CCC(NC(=O)C(CCS(C)(=O)=O)NC(=O)OCc2ccccc2)CC1. The average Bonchev–Trinajstić information content (AvgIpc) is 2.65. The first-order valence-corrected chi connectivity index (χ1v) is 11.7. The Kier molecular flexibility index (Phi) is 8.29. The predicted molar refractivity (Wildman–Crippen MR) is 107 cm³/mol. The van der Waals surface area contributed by atoms with Crippen LogP contribution in [0.1, 0.15) is 44.6 Å². The molecule has 0 bridgehead atoms. The minimum absolute atomic E-state index is 0.00816. The molecule has 8 heteroatoms. The summed E-state index contributed by atoms with van der Waals surface area (Å²) in [6, 6.07) is 8.30. The summed E-state index contributed by atoms with van der Waals surface area (Å²) in [5.74, 6) is 0.103. The Morgan fingerprint density at radius 1 is 1.14 bits per heavy atom. The highest BCUT2D eigenvalue weighted by Gasteiger charge is 2.26. The second-order valence-electron chi connectivity index (χ2n) is 7.64. The molecule has 0 saturated heterocycles. The first kappa shape index (κ1) is 22.2. The zero-order valence-electron chi connectivity index (χ0n) is 16.5. The van der Waals surface area contributed by atoms with Crippen LogP contribution in [0, 0.1) is 5.92 Å². The fourth-order valence-corrected chi connectivity index (χ4v) is 3.88. The molecule has 1 unspecified atom stereocenters. The molecule has 0 spiro atoms. The lowest BCUT2D eigenvalue weighted by Crippen LogP contribution is -2.50. The van der Waals surface area contributed by atoms with Gasteiger partial charge in [-0.2, -0.15) is 0 Å². The lowest BCUT2D eigenvalue weighted by atomic mass is 9.87. The number of hydrogen-bond donors (Lipinski definition) is 2. The molecule has 1 aliphatic rings. The maximum Gasteiger partial charge on any atom is 0.408 e. The number of amides is 2. The monoisotopic (exact) mass is 410 g/mol. The third-order valence-corrected chi connectivity index (χ3v) is 5.94. The number of ether oxygens (including phenoxy) is 1. The molecular weight excluding hydrogens is 380 g/mol. The van der Waals surface area contributed by atoms with Gasteiger partial charge in [0.25, 0.3) is 0 Å². The predicted octanol–water partition coefficient (Wildman–Crippen LogP) is 2.41. The molecule has 1 aromatic carbocycles. The number of alkyl carbamates (subject to hydrolysis) is 1. The van der Waals surface area contributed by atoms with Crippen LogP contribution in [-0.2, 0) is 26.0 Å². The van der Waals surface area contributed by atoms with Crippen LogP contribution < -0.4 is 10.6 Å². The number of rotatable bonds is 8. The summed E-state index contributed by atoms with van der Waals surface area (Å²) in [5, 5.41) is 5.47. The van der Waals surface area contributed by atoms with Crippen molar-refractivity contribution in [2.24, 2.45) is 5.92 Å². The van der Waals surface area contributed by atoms with E-state index in [1.54, 1.807) is 0 Å². The number of hydrogen-bond acceptors (Lipinski definition) is 5. The van der Waals surface area contributed by atoms with Crippen molar-refractivity contribution in [2.45, 2.75) is 57.7 Å². The van der Waals surface area contributed by atoms with E-state index in [1.807, 2.05) is 30.3 Å². The second kappa shape index (κ2) is 10.5. The maximum absolute atomic E-state index is 12.6. The lowest BCUT2D eigenvalue weighted by Gasteiger charge is -2.28. The van der Waals surface area contributed by atoms with Crippen LogP contribution >= 0.6 is 0 Å². The van der Waals surface area contributed by atoms with E-state index < -0.39 is 22.0 Å². The average molecular weight is 411 g/mol. The van der Waals surface area contributed by atoms with E-state index in [2.05, 4.69) is 17.6 Å². The van der Waals surface area contributed by atoms with Crippen LogP contribution in [0.2, 0.25) is 0 Å². The summed E-state index contributed by atoms with van der Waals surface area (Å²) in [4.78, 5) is 24.8. The first-order valence-electron chi connectivity index (χ1n) is 9.68. The molecule has 28 heavy (non-hydrogen) atoms. The van der Waals surface area contributed by atoms with Crippen molar-refractivity contribution in [3.8, 4) is 0 Å². The van der Waals surface area contributed by atoms with E-state index in [4.69, 9.17) is 4.74 Å². The molecule has 0 aromatic heterocycles. The van der Waals surface area contributed by atoms with Crippen LogP contribution in [0.4, 0.5) is 4.79 Å².